The Morgan fingerprint density at radius 1 is 0.360 bits per heavy atom. The molecule has 0 aliphatic rings. The molecule has 0 amide bonds. The molecular formula is C45H25N5. The first-order valence-corrected chi connectivity index (χ1v) is 16.3. The second-order valence-electron chi connectivity index (χ2n) is 12.4. The highest BCUT2D eigenvalue weighted by molar-refractivity contribution is 6.11. The van der Waals surface area contributed by atoms with Crippen LogP contribution >= 0.6 is 0 Å². The van der Waals surface area contributed by atoms with Gasteiger partial charge in [0.1, 0.15) is 0 Å². The molecular weight excluding hydrogens is 611 g/mol. The second kappa shape index (κ2) is 11.4. The summed E-state index contributed by atoms with van der Waals surface area (Å²) in [6, 6.07) is 58.0. The van der Waals surface area contributed by atoms with Crippen molar-refractivity contribution in [3.05, 3.63) is 168 Å². The van der Waals surface area contributed by atoms with E-state index in [9.17, 15) is 15.8 Å². The van der Waals surface area contributed by atoms with Crippen molar-refractivity contribution in [2.24, 2.45) is 0 Å². The minimum Gasteiger partial charge on any atom is -0.309 e. The maximum atomic E-state index is 9.88. The van der Waals surface area contributed by atoms with Gasteiger partial charge >= 0.3 is 0 Å². The standard InChI is InChI=1S/C45H25N5/c46-26-29-11-22-43-40(23-29)38-6-2-3-7-41(38)49(43)35-18-16-33(17-19-35)32-12-14-34(15-13-32)36-20-9-30(27-47)24-44(36)50-42-8-4-1-5-37(42)39-21-10-31(28-48)25-45(39)50/h1-25H. The molecule has 50 heavy (non-hydrogen) atoms. The van der Waals surface area contributed by atoms with Crippen molar-refractivity contribution in [2.45, 2.75) is 0 Å². The van der Waals surface area contributed by atoms with Crippen LogP contribution in [-0.4, -0.2) is 9.13 Å². The Labute approximate surface area is 287 Å². The minimum absolute atomic E-state index is 0.566. The molecule has 0 unspecified atom stereocenters. The van der Waals surface area contributed by atoms with E-state index in [0.717, 1.165) is 77.2 Å². The van der Waals surface area contributed by atoms with Crippen LogP contribution in [0.1, 0.15) is 16.7 Å². The lowest BCUT2D eigenvalue weighted by molar-refractivity contribution is 1.18. The third-order valence-corrected chi connectivity index (χ3v) is 9.63. The molecule has 9 aromatic rings. The van der Waals surface area contributed by atoms with E-state index in [4.69, 9.17) is 0 Å². The Hall–Kier alpha value is -7.39. The Morgan fingerprint density at radius 2 is 0.860 bits per heavy atom. The molecule has 230 valence electrons. The van der Waals surface area contributed by atoms with Crippen molar-refractivity contribution in [3.8, 4) is 51.8 Å². The van der Waals surface area contributed by atoms with Crippen LogP contribution in [0.3, 0.4) is 0 Å². The molecule has 0 radical (unpaired) electrons. The lowest BCUT2D eigenvalue weighted by Gasteiger charge is -2.15. The minimum atomic E-state index is 0.566. The summed E-state index contributed by atoms with van der Waals surface area (Å²) in [6.07, 6.45) is 0. The van der Waals surface area contributed by atoms with Crippen LogP contribution in [0.2, 0.25) is 0 Å². The molecule has 0 saturated carbocycles. The van der Waals surface area contributed by atoms with E-state index >= 15 is 0 Å². The zero-order valence-electron chi connectivity index (χ0n) is 26.7. The first-order valence-electron chi connectivity index (χ1n) is 16.3. The van der Waals surface area contributed by atoms with Gasteiger partial charge in [0.2, 0.25) is 0 Å². The first-order chi connectivity index (χ1) is 24.6. The van der Waals surface area contributed by atoms with Gasteiger partial charge in [-0.1, -0.05) is 84.9 Å². The molecule has 5 nitrogen and oxygen atoms in total. The van der Waals surface area contributed by atoms with Crippen molar-refractivity contribution in [1.29, 1.82) is 15.8 Å². The van der Waals surface area contributed by atoms with Gasteiger partial charge in [-0.05, 0) is 83.4 Å². The fourth-order valence-corrected chi connectivity index (χ4v) is 7.30. The van der Waals surface area contributed by atoms with Gasteiger partial charge in [0.25, 0.3) is 0 Å². The van der Waals surface area contributed by atoms with Crippen molar-refractivity contribution in [1.82, 2.24) is 9.13 Å². The maximum Gasteiger partial charge on any atom is 0.0992 e. The number of hydrogen-bond donors (Lipinski definition) is 0. The number of rotatable bonds is 4. The first kappa shape index (κ1) is 28.8. The van der Waals surface area contributed by atoms with Gasteiger partial charge < -0.3 is 9.13 Å². The van der Waals surface area contributed by atoms with Gasteiger partial charge in [0, 0.05) is 32.8 Å². The van der Waals surface area contributed by atoms with E-state index in [1.54, 1.807) is 0 Å². The quantitative estimate of drug-likeness (QED) is 0.193. The third kappa shape index (κ3) is 4.45. The molecule has 9 rings (SSSR count). The molecule has 2 heterocycles. The van der Waals surface area contributed by atoms with Crippen LogP contribution in [-0.2, 0) is 0 Å². The predicted molar refractivity (Wildman–Crippen MR) is 200 cm³/mol. The lowest BCUT2D eigenvalue weighted by atomic mass is 9.98. The largest absolute Gasteiger partial charge is 0.309 e. The van der Waals surface area contributed by atoms with E-state index in [0.29, 0.717) is 16.7 Å². The van der Waals surface area contributed by atoms with Gasteiger partial charge in [0.05, 0.1) is 62.7 Å². The normalized spacial score (nSPS) is 11.1. The summed E-state index contributed by atoms with van der Waals surface area (Å²) in [5, 5.41) is 33.4. The Balaban J connectivity index is 1.12. The summed E-state index contributed by atoms with van der Waals surface area (Å²) in [5.41, 5.74) is 12.0. The Morgan fingerprint density at radius 3 is 1.56 bits per heavy atom. The van der Waals surface area contributed by atoms with Crippen LogP contribution in [0.5, 0.6) is 0 Å². The highest BCUT2D eigenvalue weighted by Gasteiger charge is 2.17. The molecule has 0 aliphatic heterocycles. The van der Waals surface area contributed by atoms with Crippen molar-refractivity contribution < 1.29 is 0 Å². The summed E-state index contributed by atoms with van der Waals surface area (Å²) in [4.78, 5) is 0. The summed E-state index contributed by atoms with van der Waals surface area (Å²) in [5.74, 6) is 0. The average Bonchev–Trinajstić information content (AvgIpc) is 3.69. The van der Waals surface area contributed by atoms with Crippen LogP contribution in [0.25, 0.3) is 77.2 Å². The van der Waals surface area contributed by atoms with Crippen molar-refractivity contribution in [2.75, 3.05) is 0 Å². The fraction of sp³-hybridized carbons (Fsp3) is 0. The highest BCUT2D eigenvalue weighted by Crippen LogP contribution is 2.38. The topological polar surface area (TPSA) is 81.2 Å². The van der Waals surface area contributed by atoms with Crippen LogP contribution in [0.15, 0.2) is 152 Å². The number of para-hydroxylation sites is 2. The molecule has 0 saturated heterocycles. The number of fused-ring (bicyclic) bond motifs is 6. The molecule has 0 fully saturated rings. The lowest BCUT2D eigenvalue weighted by Crippen LogP contribution is -1.98. The van der Waals surface area contributed by atoms with Crippen LogP contribution in [0.4, 0.5) is 0 Å². The van der Waals surface area contributed by atoms with E-state index in [2.05, 4.69) is 100 Å². The van der Waals surface area contributed by atoms with Crippen LogP contribution in [0, 0.1) is 34.0 Å². The molecule has 7 aromatic carbocycles. The number of nitriles is 3. The number of hydrogen-bond acceptors (Lipinski definition) is 3. The highest BCUT2D eigenvalue weighted by atomic mass is 15.0. The van der Waals surface area contributed by atoms with E-state index in [1.165, 1.54) is 0 Å². The van der Waals surface area contributed by atoms with Gasteiger partial charge in [-0.15, -0.1) is 0 Å². The van der Waals surface area contributed by atoms with Crippen LogP contribution < -0.4 is 0 Å². The zero-order valence-corrected chi connectivity index (χ0v) is 26.7. The summed E-state index contributed by atoms with van der Waals surface area (Å²) in [7, 11) is 0. The SMILES string of the molecule is N#Cc1ccc(-c2ccc(-c3ccc(-n4c5ccccc5c5cc(C#N)ccc54)cc3)cc2)c(-n2c3ccccc3c3ccc(C#N)cc32)c1. The molecule has 0 spiro atoms. The molecule has 0 aliphatic carbocycles. The number of benzene rings is 7. The van der Waals surface area contributed by atoms with Gasteiger partial charge in [-0.2, -0.15) is 15.8 Å². The van der Waals surface area contributed by atoms with Crippen molar-refractivity contribution in [3.63, 3.8) is 0 Å². The summed E-state index contributed by atoms with van der Waals surface area (Å²) >= 11 is 0. The summed E-state index contributed by atoms with van der Waals surface area (Å²) < 4.78 is 4.42. The average molecular weight is 636 g/mol. The Bertz CT molecular complexity index is 2940. The van der Waals surface area contributed by atoms with E-state index in [-0.39, 0.29) is 0 Å². The smallest absolute Gasteiger partial charge is 0.0992 e. The van der Waals surface area contributed by atoms with Gasteiger partial charge in [-0.25, -0.2) is 0 Å². The third-order valence-electron chi connectivity index (χ3n) is 9.63. The fourth-order valence-electron chi connectivity index (χ4n) is 7.30. The monoisotopic (exact) mass is 635 g/mol. The van der Waals surface area contributed by atoms with E-state index in [1.807, 2.05) is 78.9 Å². The second-order valence-corrected chi connectivity index (χ2v) is 12.4. The molecule has 0 N–H and O–H groups in total. The van der Waals surface area contributed by atoms with E-state index < -0.39 is 0 Å². The zero-order chi connectivity index (χ0) is 33.8. The van der Waals surface area contributed by atoms with Gasteiger partial charge in [-0.3, -0.25) is 0 Å². The van der Waals surface area contributed by atoms with Crippen molar-refractivity contribution >= 4 is 43.6 Å². The number of nitrogens with zero attached hydrogens (tertiary/aromatic N) is 5. The molecule has 0 atom stereocenters. The molecule has 0 bridgehead atoms. The maximum absolute atomic E-state index is 9.88. The van der Waals surface area contributed by atoms with Gasteiger partial charge in [0.15, 0.2) is 0 Å². The summed E-state index contributed by atoms with van der Waals surface area (Å²) in [6.45, 7) is 0. The Kier molecular flexibility index (Phi) is 6.56. The molecule has 2 aromatic heterocycles. The molecule has 5 heteroatoms. The number of aromatic nitrogens is 2. The predicted octanol–water partition coefficient (Wildman–Crippen LogP) is 10.8.